The third-order valence-electron chi connectivity index (χ3n) is 2.88. The zero-order valence-corrected chi connectivity index (χ0v) is 11.0. The van der Waals surface area contributed by atoms with Crippen LogP contribution in [0, 0.1) is 6.92 Å². The van der Waals surface area contributed by atoms with Gasteiger partial charge in [-0.05, 0) is 51.7 Å². The number of aromatic nitrogens is 1. The summed E-state index contributed by atoms with van der Waals surface area (Å²) in [6.07, 6.45) is 0. The highest BCUT2D eigenvalue weighted by Crippen LogP contribution is 2.27. The molecule has 92 valence electrons. The zero-order valence-electron chi connectivity index (χ0n) is 11.0. The van der Waals surface area contributed by atoms with E-state index in [1.807, 2.05) is 13.0 Å². The van der Waals surface area contributed by atoms with Crippen LogP contribution in [-0.2, 0) is 6.54 Å². The maximum Gasteiger partial charge on any atom is 0.120 e. The van der Waals surface area contributed by atoms with Crippen molar-refractivity contribution in [3.05, 3.63) is 29.5 Å². The van der Waals surface area contributed by atoms with Crippen molar-refractivity contribution in [1.82, 2.24) is 9.88 Å². The highest BCUT2D eigenvalue weighted by atomic mass is 16.5. The van der Waals surface area contributed by atoms with Gasteiger partial charge in [0.1, 0.15) is 5.75 Å². The number of H-pyrrole nitrogens is 1. The van der Waals surface area contributed by atoms with Gasteiger partial charge >= 0.3 is 0 Å². The molecule has 0 aliphatic carbocycles. The average Bonchev–Trinajstić information content (AvgIpc) is 2.56. The van der Waals surface area contributed by atoms with E-state index in [1.165, 1.54) is 22.2 Å². The van der Waals surface area contributed by atoms with E-state index < -0.39 is 0 Å². The molecule has 0 amide bonds. The van der Waals surface area contributed by atoms with E-state index in [1.54, 1.807) is 0 Å². The Bertz CT molecular complexity index is 514. The van der Waals surface area contributed by atoms with Crippen molar-refractivity contribution in [3.63, 3.8) is 0 Å². The van der Waals surface area contributed by atoms with Gasteiger partial charge in [0.05, 0.1) is 6.61 Å². The molecule has 1 aromatic carbocycles. The summed E-state index contributed by atoms with van der Waals surface area (Å²) in [6.45, 7) is 5.78. The molecule has 3 heteroatoms. The van der Waals surface area contributed by atoms with Crippen molar-refractivity contribution in [2.75, 3.05) is 20.7 Å². The molecule has 0 unspecified atom stereocenters. The number of rotatable bonds is 4. The van der Waals surface area contributed by atoms with Crippen LogP contribution in [0.1, 0.15) is 18.2 Å². The van der Waals surface area contributed by atoms with Crippen molar-refractivity contribution in [2.45, 2.75) is 20.4 Å². The Hall–Kier alpha value is -1.48. The fourth-order valence-corrected chi connectivity index (χ4v) is 2.14. The lowest BCUT2D eigenvalue weighted by molar-refractivity contribution is 0.340. The first-order valence-corrected chi connectivity index (χ1v) is 6.00. The van der Waals surface area contributed by atoms with Gasteiger partial charge in [0.2, 0.25) is 0 Å². The first-order valence-electron chi connectivity index (χ1n) is 6.00. The zero-order chi connectivity index (χ0) is 12.4. The van der Waals surface area contributed by atoms with Gasteiger partial charge in [-0.1, -0.05) is 0 Å². The van der Waals surface area contributed by atoms with Crippen molar-refractivity contribution in [1.29, 1.82) is 0 Å². The summed E-state index contributed by atoms with van der Waals surface area (Å²) in [5.41, 5.74) is 3.77. The second-order valence-corrected chi connectivity index (χ2v) is 4.61. The standard InChI is InChI=1S/C14H20N2O/c1-5-17-11-6-7-14-12(8-11)13(9-16(3)4)10(2)15-14/h6-8,15H,5,9H2,1-4H3. The minimum absolute atomic E-state index is 0.706. The van der Waals surface area contributed by atoms with Crippen LogP contribution in [0.2, 0.25) is 0 Å². The Labute approximate surface area is 102 Å². The second-order valence-electron chi connectivity index (χ2n) is 4.61. The molecule has 3 nitrogen and oxygen atoms in total. The van der Waals surface area contributed by atoms with Crippen molar-refractivity contribution in [3.8, 4) is 5.75 Å². The second kappa shape index (κ2) is 4.80. The molecule has 1 N–H and O–H groups in total. The molecular weight excluding hydrogens is 212 g/mol. The number of fused-ring (bicyclic) bond motifs is 1. The molecule has 1 aromatic heterocycles. The Morgan fingerprint density at radius 1 is 1.29 bits per heavy atom. The fourth-order valence-electron chi connectivity index (χ4n) is 2.14. The molecule has 0 atom stereocenters. The minimum atomic E-state index is 0.706. The number of hydrogen-bond acceptors (Lipinski definition) is 2. The Kier molecular flexibility index (Phi) is 3.38. The highest BCUT2D eigenvalue weighted by molar-refractivity contribution is 5.86. The molecule has 0 saturated carbocycles. The van der Waals surface area contributed by atoms with Gasteiger partial charge in [0, 0.05) is 23.1 Å². The number of nitrogens with one attached hydrogen (secondary N) is 1. The number of hydrogen-bond donors (Lipinski definition) is 1. The fraction of sp³-hybridized carbons (Fsp3) is 0.429. The molecule has 2 aromatic rings. The predicted molar refractivity (Wildman–Crippen MR) is 71.6 cm³/mol. The molecule has 1 heterocycles. The molecule has 2 rings (SSSR count). The SMILES string of the molecule is CCOc1ccc2[nH]c(C)c(CN(C)C)c2c1. The lowest BCUT2D eigenvalue weighted by Gasteiger charge is -2.10. The summed E-state index contributed by atoms with van der Waals surface area (Å²) in [7, 11) is 4.18. The summed E-state index contributed by atoms with van der Waals surface area (Å²) >= 11 is 0. The predicted octanol–water partition coefficient (Wildman–Crippen LogP) is 2.94. The maximum atomic E-state index is 5.56. The summed E-state index contributed by atoms with van der Waals surface area (Å²) in [5.74, 6) is 0.944. The molecule has 0 saturated heterocycles. The number of aromatic amines is 1. The molecule has 0 aliphatic rings. The Morgan fingerprint density at radius 2 is 2.06 bits per heavy atom. The molecular formula is C14H20N2O. The first-order chi connectivity index (χ1) is 8.11. The van der Waals surface area contributed by atoms with Crippen molar-refractivity contribution < 1.29 is 4.74 Å². The smallest absolute Gasteiger partial charge is 0.120 e. The highest BCUT2D eigenvalue weighted by Gasteiger charge is 2.10. The van der Waals surface area contributed by atoms with Crippen molar-refractivity contribution >= 4 is 10.9 Å². The van der Waals surface area contributed by atoms with Crippen molar-refractivity contribution in [2.24, 2.45) is 0 Å². The van der Waals surface area contributed by atoms with Gasteiger partial charge < -0.3 is 14.6 Å². The van der Waals surface area contributed by atoms with Crippen LogP contribution in [-0.4, -0.2) is 30.6 Å². The number of aryl methyl sites for hydroxylation is 1. The quantitative estimate of drug-likeness (QED) is 0.878. The van der Waals surface area contributed by atoms with E-state index in [0.29, 0.717) is 6.61 Å². The summed E-state index contributed by atoms with van der Waals surface area (Å²) in [4.78, 5) is 5.60. The lowest BCUT2D eigenvalue weighted by Crippen LogP contribution is -2.11. The molecule has 0 aliphatic heterocycles. The number of ether oxygens (including phenoxy) is 1. The third kappa shape index (κ3) is 2.44. The normalized spacial score (nSPS) is 11.4. The minimum Gasteiger partial charge on any atom is -0.494 e. The summed E-state index contributed by atoms with van der Waals surface area (Å²) in [5, 5.41) is 1.27. The van der Waals surface area contributed by atoms with Gasteiger partial charge in [0.25, 0.3) is 0 Å². The first kappa shape index (κ1) is 12.0. The van der Waals surface area contributed by atoms with Crippen LogP contribution >= 0.6 is 0 Å². The number of benzene rings is 1. The third-order valence-corrected chi connectivity index (χ3v) is 2.88. The van der Waals surface area contributed by atoms with E-state index in [-0.39, 0.29) is 0 Å². The molecule has 0 radical (unpaired) electrons. The van der Waals surface area contributed by atoms with Gasteiger partial charge in [-0.3, -0.25) is 0 Å². The largest absolute Gasteiger partial charge is 0.494 e. The van der Waals surface area contributed by atoms with E-state index in [0.717, 1.165) is 12.3 Å². The van der Waals surface area contributed by atoms with Crippen LogP contribution in [0.3, 0.4) is 0 Å². The topological polar surface area (TPSA) is 28.3 Å². The lowest BCUT2D eigenvalue weighted by atomic mass is 10.1. The van der Waals surface area contributed by atoms with Crippen LogP contribution in [0.15, 0.2) is 18.2 Å². The maximum absolute atomic E-state index is 5.56. The molecule has 0 bridgehead atoms. The van der Waals surface area contributed by atoms with Gasteiger partial charge in [-0.15, -0.1) is 0 Å². The monoisotopic (exact) mass is 232 g/mol. The summed E-state index contributed by atoms with van der Waals surface area (Å²) < 4.78 is 5.56. The van der Waals surface area contributed by atoms with E-state index in [4.69, 9.17) is 4.74 Å². The van der Waals surface area contributed by atoms with Crippen LogP contribution in [0.4, 0.5) is 0 Å². The van der Waals surface area contributed by atoms with Crippen LogP contribution in [0.25, 0.3) is 10.9 Å². The Morgan fingerprint density at radius 3 is 2.71 bits per heavy atom. The Balaban J connectivity index is 2.49. The van der Waals surface area contributed by atoms with Crippen LogP contribution in [0.5, 0.6) is 5.75 Å². The van der Waals surface area contributed by atoms with Gasteiger partial charge in [-0.25, -0.2) is 0 Å². The molecule has 0 spiro atoms. The summed E-state index contributed by atoms with van der Waals surface area (Å²) in [6, 6.07) is 6.23. The van der Waals surface area contributed by atoms with Crippen LogP contribution < -0.4 is 4.74 Å². The van der Waals surface area contributed by atoms with Gasteiger partial charge in [0.15, 0.2) is 0 Å². The van der Waals surface area contributed by atoms with E-state index in [2.05, 4.69) is 43.0 Å². The van der Waals surface area contributed by atoms with E-state index in [9.17, 15) is 0 Å². The number of nitrogens with zero attached hydrogens (tertiary/aromatic N) is 1. The average molecular weight is 232 g/mol. The molecule has 0 fully saturated rings. The van der Waals surface area contributed by atoms with Gasteiger partial charge in [-0.2, -0.15) is 0 Å². The van der Waals surface area contributed by atoms with E-state index >= 15 is 0 Å². The molecule has 17 heavy (non-hydrogen) atoms.